The minimum atomic E-state index is -1.45. The van der Waals surface area contributed by atoms with Crippen molar-refractivity contribution in [3.63, 3.8) is 0 Å². The summed E-state index contributed by atoms with van der Waals surface area (Å²) in [6.07, 6.45) is -1.45. The number of rotatable bonds is 0. The van der Waals surface area contributed by atoms with Gasteiger partial charge in [-0.1, -0.05) is 5.11 Å². The van der Waals surface area contributed by atoms with Crippen LogP contribution in [0.15, 0.2) is 5.11 Å². The Morgan fingerprint density at radius 3 is 1.71 bits per heavy atom. The van der Waals surface area contributed by atoms with Crippen molar-refractivity contribution in [1.29, 1.82) is 5.53 Å². The van der Waals surface area contributed by atoms with E-state index in [2.05, 4.69) is 5.11 Å². The van der Waals surface area contributed by atoms with Gasteiger partial charge in [-0.05, 0) is 0 Å². The maximum atomic E-state index is 9.01. The van der Waals surface area contributed by atoms with Crippen molar-refractivity contribution in [2.45, 2.75) is 0 Å². The molecule has 0 aromatic heterocycles. The van der Waals surface area contributed by atoms with Crippen LogP contribution < -0.4 is 0 Å². The summed E-state index contributed by atoms with van der Waals surface area (Å²) >= 11 is 0. The average molecular weight is 122 g/mol. The maximum absolute atomic E-state index is 9.01. The van der Waals surface area contributed by atoms with E-state index in [9.17, 15) is 0 Å². The zero-order chi connectivity index (χ0) is 4.28. The van der Waals surface area contributed by atoms with Crippen LogP contribution in [0.1, 0.15) is 0 Å². The molecule has 32 valence electrons. The predicted molar refractivity (Wildman–Crippen MR) is 27.5 cm³/mol. The SMILES string of the molecule is N=NC(=O)O.[NaH].[NaH]. The van der Waals surface area contributed by atoms with Gasteiger partial charge in [0.15, 0.2) is 0 Å². The Bertz CT molecular complexity index is 64.7. The molecule has 0 aliphatic rings. The summed E-state index contributed by atoms with van der Waals surface area (Å²) in [5.41, 5.74) is 5.68. The van der Waals surface area contributed by atoms with Gasteiger partial charge in [-0.15, -0.1) is 0 Å². The number of hydrogen-bond donors (Lipinski definition) is 2. The van der Waals surface area contributed by atoms with Gasteiger partial charge in [0.05, 0.1) is 0 Å². The second-order valence-corrected chi connectivity index (χ2v) is 0.394. The first-order chi connectivity index (χ1) is 2.27. The molecule has 0 spiro atoms. The Labute approximate surface area is 84.8 Å². The van der Waals surface area contributed by atoms with Crippen molar-refractivity contribution >= 4 is 65.2 Å². The van der Waals surface area contributed by atoms with Gasteiger partial charge in [-0.2, -0.15) is 5.53 Å². The van der Waals surface area contributed by atoms with E-state index >= 15 is 0 Å². The zero-order valence-corrected chi connectivity index (χ0v) is 2.30. The molecule has 0 fully saturated rings. The van der Waals surface area contributed by atoms with Crippen LogP contribution in [-0.4, -0.2) is 70.3 Å². The van der Waals surface area contributed by atoms with E-state index in [1.54, 1.807) is 0 Å². The van der Waals surface area contributed by atoms with Gasteiger partial charge in [-0.25, -0.2) is 4.79 Å². The molecule has 0 radical (unpaired) electrons. The molecule has 0 saturated heterocycles. The van der Waals surface area contributed by atoms with Gasteiger partial charge < -0.3 is 5.11 Å². The molecule has 0 rings (SSSR count). The monoisotopic (exact) mass is 122 g/mol. The van der Waals surface area contributed by atoms with Crippen LogP contribution >= 0.6 is 0 Å². The van der Waals surface area contributed by atoms with Crippen molar-refractivity contribution < 1.29 is 9.90 Å². The van der Waals surface area contributed by atoms with Crippen molar-refractivity contribution in [2.75, 3.05) is 0 Å². The van der Waals surface area contributed by atoms with Gasteiger partial charge in [0, 0.05) is 0 Å². The van der Waals surface area contributed by atoms with Crippen LogP contribution in [0.25, 0.3) is 0 Å². The third-order valence-electron chi connectivity index (χ3n) is 0.0956. The molecule has 6 heteroatoms. The summed E-state index contributed by atoms with van der Waals surface area (Å²) in [6, 6.07) is 0. The molecule has 7 heavy (non-hydrogen) atoms. The summed E-state index contributed by atoms with van der Waals surface area (Å²) < 4.78 is 0. The number of nitrogens with zero attached hydrogens (tertiary/aromatic N) is 1. The standard InChI is InChI=1S/CH2N2O2.2Na.2H/c2-3-1(4)5;;;;/h2H,(H,4,5);;;;. The molecule has 0 saturated carbocycles. The number of hydrogen-bond acceptors (Lipinski definition) is 2. The zero-order valence-electron chi connectivity index (χ0n) is 2.30. The van der Waals surface area contributed by atoms with Crippen molar-refractivity contribution in [1.82, 2.24) is 0 Å². The molecule has 0 unspecified atom stereocenters. The average Bonchev–Trinajstić information content (AvgIpc) is 1.38. The molecule has 4 nitrogen and oxygen atoms in total. The van der Waals surface area contributed by atoms with E-state index < -0.39 is 6.09 Å². The molecular weight excluding hydrogens is 118 g/mol. The minimum absolute atomic E-state index is 0. The first kappa shape index (κ1) is 15.7. The predicted octanol–water partition coefficient (Wildman–Crippen LogP) is -0.602. The Morgan fingerprint density at radius 1 is 1.57 bits per heavy atom. The van der Waals surface area contributed by atoms with Gasteiger partial charge in [-0.3, -0.25) is 0 Å². The van der Waals surface area contributed by atoms with Crippen LogP contribution in [-0.2, 0) is 0 Å². The normalized spacial score (nSPS) is 4.57. The second-order valence-electron chi connectivity index (χ2n) is 0.394. The summed E-state index contributed by atoms with van der Waals surface area (Å²) in [6.45, 7) is 0. The molecule has 0 heterocycles. The van der Waals surface area contributed by atoms with Gasteiger partial charge in [0.1, 0.15) is 0 Å². The van der Waals surface area contributed by atoms with Crippen LogP contribution in [0, 0.1) is 5.53 Å². The molecule has 0 aliphatic heterocycles. The molecule has 0 aliphatic carbocycles. The van der Waals surface area contributed by atoms with E-state index in [0.717, 1.165) is 0 Å². The molecule has 0 atom stereocenters. The topological polar surface area (TPSA) is 73.5 Å². The second kappa shape index (κ2) is 10.1. The van der Waals surface area contributed by atoms with E-state index in [0.29, 0.717) is 0 Å². The number of carboxylic acid groups (broad SMARTS) is 1. The number of carbonyl (C=O) groups is 1. The van der Waals surface area contributed by atoms with Crippen LogP contribution in [0.3, 0.4) is 0 Å². The van der Waals surface area contributed by atoms with Crippen molar-refractivity contribution in [3.8, 4) is 0 Å². The molecule has 0 aromatic carbocycles. The first-order valence-corrected chi connectivity index (χ1v) is 0.875. The van der Waals surface area contributed by atoms with Crippen LogP contribution in [0.5, 0.6) is 0 Å². The quantitative estimate of drug-likeness (QED) is 0.332. The fourth-order valence-corrected chi connectivity index (χ4v) is 0. The van der Waals surface area contributed by atoms with E-state index in [1.165, 1.54) is 0 Å². The fourth-order valence-electron chi connectivity index (χ4n) is 0. The third kappa shape index (κ3) is 19.3. The number of nitrogens with one attached hydrogen (secondary N) is 1. The molecule has 0 bridgehead atoms. The Morgan fingerprint density at radius 2 is 1.71 bits per heavy atom. The summed E-state index contributed by atoms with van der Waals surface area (Å²) in [5.74, 6) is 0. The van der Waals surface area contributed by atoms with Gasteiger partial charge in [0.2, 0.25) is 0 Å². The van der Waals surface area contributed by atoms with E-state index in [4.69, 9.17) is 15.4 Å². The molecular formula is CH4N2Na2O2. The summed E-state index contributed by atoms with van der Waals surface area (Å²) in [4.78, 5) is 9.01. The number of amides is 1. The van der Waals surface area contributed by atoms with Gasteiger partial charge in [0.25, 0.3) is 0 Å². The first-order valence-electron chi connectivity index (χ1n) is 0.875. The summed E-state index contributed by atoms with van der Waals surface area (Å²) in [7, 11) is 0. The van der Waals surface area contributed by atoms with Gasteiger partial charge >= 0.3 is 65.2 Å². The van der Waals surface area contributed by atoms with E-state index in [-0.39, 0.29) is 59.1 Å². The third-order valence-corrected chi connectivity index (χ3v) is 0.0956. The molecule has 0 aromatic rings. The van der Waals surface area contributed by atoms with Crippen molar-refractivity contribution in [2.24, 2.45) is 5.11 Å². The Hall–Kier alpha value is 1.07. The van der Waals surface area contributed by atoms with Crippen LogP contribution in [0.2, 0.25) is 0 Å². The molecule has 1 amide bonds. The van der Waals surface area contributed by atoms with Crippen LogP contribution in [0.4, 0.5) is 4.79 Å². The fraction of sp³-hybridized carbons (Fsp3) is 0. The molecule has 2 N–H and O–H groups in total. The Balaban J connectivity index is -0.0000000800. The summed E-state index contributed by atoms with van der Waals surface area (Å²) in [5, 5.41) is 9.42. The Kier molecular flexibility index (Phi) is 22.7. The van der Waals surface area contributed by atoms with Crippen molar-refractivity contribution in [3.05, 3.63) is 0 Å². The van der Waals surface area contributed by atoms with E-state index in [1.807, 2.05) is 0 Å².